The van der Waals surface area contributed by atoms with Crippen molar-refractivity contribution in [2.24, 2.45) is 5.73 Å². The topological polar surface area (TPSA) is 114 Å². The van der Waals surface area contributed by atoms with Crippen LogP contribution in [-0.2, 0) is 4.79 Å². The molecule has 2 rings (SSSR count). The molecule has 1 amide bonds. The van der Waals surface area contributed by atoms with E-state index in [1.54, 1.807) is 12.1 Å². The number of primary amides is 1. The SMILES string of the molecule is NC(=O)c1ccnc2c(O)cccc12.O=C(O)C(F)(F)F. The monoisotopic (exact) mass is 302 g/mol. The number of rotatable bonds is 1. The summed E-state index contributed by atoms with van der Waals surface area (Å²) >= 11 is 0. The minimum absolute atomic E-state index is 0.0469. The van der Waals surface area contributed by atoms with Crippen molar-refractivity contribution in [2.45, 2.75) is 6.18 Å². The highest BCUT2D eigenvalue weighted by Crippen LogP contribution is 2.24. The van der Waals surface area contributed by atoms with Gasteiger partial charge in [-0.1, -0.05) is 12.1 Å². The van der Waals surface area contributed by atoms with Crippen LogP contribution in [0.5, 0.6) is 5.75 Å². The maximum atomic E-state index is 11.0. The molecule has 4 N–H and O–H groups in total. The number of phenols is 1. The maximum Gasteiger partial charge on any atom is 0.490 e. The van der Waals surface area contributed by atoms with Gasteiger partial charge in [0.25, 0.3) is 0 Å². The van der Waals surface area contributed by atoms with Crippen LogP contribution in [0, 0.1) is 0 Å². The summed E-state index contributed by atoms with van der Waals surface area (Å²) in [4.78, 5) is 23.9. The Morgan fingerprint density at radius 2 is 1.76 bits per heavy atom. The first-order valence-corrected chi connectivity index (χ1v) is 5.31. The van der Waals surface area contributed by atoms with Crippen LogP contribution in [-0.4, -0.2) is 33.2 Å². The molecule has 0 bridgehead atoms. The molecule has 0 saturated heterocycles. The molecule has 0 aliphatic heterocycles. The number of nitrogens with zero attached hydrogens (tertiary/aromatic N) is 1. The lowest BCUT2D eigenvalue weighted by molar-refractivity contribution is -0.192. The van der Waals surface area contributed by atoms with Crippen LogP contribution in [0.25, 0.3) is 10.9 Å². The van der Waals surface area contributed by atoms with Gasteiger partial charge in [-0.2, -0.15) is 13.2 Å². The van der Waals surface area contributed by atoms with Gasteiger partial charge in [-0.3, -0.25) is 9.78 Å². The Bertz CT molecular complexity index is 686. The molecule has 0 fully saturated rings. The summed E-state index contributed by atoms with van der Waals surface area (Å²) in [5.74, 6) is -3.24. The van der Waals surface area contributed by atoms with Crippen molar-refractivity contribution in [1.82, 2.24) is 4.98 Å². The number of fused-ring (bicyclic) bond motifs is 1. The lowest BCUT2D eigenvalue weighted by atomic mass is 10.1. The zero-order valence-corrected chi connectivity index (χ0v) is 10.3. The summed E-state index contributed by atoms with van der Waals surface area (Å²) in [7, 11) is 0. The van der Waals surface area contributed by atoms with E-state index in [0.29, 0.717) is 16.5 Å². The minimum atomic E-state index is -5.08. The molecule has 0 unspecified atom stereocenters. The summed E-state index contributed by atoms with van der Waals surface area (Å²) < 4.78 is 31.7. The van der Waals surface area contributed by atoms with Crippen molar-refractivity contribution >= 4 is 22.8 Å². The number of nitrogens with two attached hydrogens (primary N) is 1. The van der Waals surface area contributed by atoms with E-state index in [0.717, 1.165) is 0 Å². The second kappa shape index (κ2) is 6.07. The highest BCUT2D eigenvalue weighted by molar-refractivity contribution is 6.06. The number of carbonyl (C=O) groups excluding carboxylic acids is 1. The van der Waals surface area contributed by atoms with E-state index >= 15 is 0 Å². The average molecular weight is 302 g/mol. The van der Waals surface area contributed by atoms with Gasteiger partial charge in [0.15, 0.2) is 0 Å². The van der Waals surface area contributed by atoms with E-state index in [9.17, 15) is 23.1 Å². The summed E-state index contributed by atoms with van der Waals surface area (Å²) in [6, 6.07) is 6.39. The molecule has 9 heteroatoms. The molecule has 1 aromatic carbocycles. The number of hydrogen-bond donors (Lipinski definition) is 3. The number of hydrogen-bond acceptors (Lipinski definition) is 4. The van der Waals surface area contributed by atoms with Gasteiger partial charge in [-0.25, -0.2) is 4.79 Å². The zero-order chi connectivity index (χ0) is 16.2. The molecule has 1 aromatic heterocycles. The van der Waals surface area contributed by atoms with Crippen LogP contribution < -0.4 is 5.73 Å². The largest absolute Gasteiger partial charge is 0.506 e. The number of aromatic nitrogens is 1. The number of carboxylic acid groups (broad SMARTS) is 1. The van der Waals surface area contributed by atoms with Crippen LogP contribution >= 0.6 is 0 Å². The van der Waals surface area contributed by atoms with E-state index in [1.807, 2.05) is 0 Å². The number of aliphatic carboxylic acids is 1. The Hall–Kier alpha value is -2.84. The van der Waals surface area contributed by atoms with Gasteiger partial charge < -0.3 is 15.9 Å². The highest BCUT2D eigenvalue weighted by atomic mass is 19.4. The Morgan fingerprint density at radius 3 is 2.24 bits per heavy atom. The van der Waals surface area contributed by atoms with E-state index in [2.05, 4.69) is 4.98 Å². The van der Waals surface area contributed by atoms with E-state index in [-0.39, 0.29) is 5.75 Å². The van der Waals surface area contributed by atoms with Crippen LogP contribution in [0.15, 0.2) is 30.5 Å². The van der Waals surface area contributed by atoms with Gasteiger partial charge >= 0.3 is 12.1 Å². The Labute approximate surface area is 115 Å². The average Bonchev–Trinajstić information content (AvgIpc) is 2.38. The number of para-hydroxylation sites is 1. The van der Waals surface area contributed by atoms with Crippen LogP contribution in [0.2, 0.25) is 0 Å². The fourth-order valence-electron chi connectivity index (χ4n) is 1.38. The Morgan fingerprint density at radius 1 is 1.19 bits per heavy atom. The molecule has 21 heavy (non-hydrogen) atoms. The van der Waals surface area contributed by atoms with Crippen molar-refractivity contribution in [2.75, 3.05) is 0 Å². The van der Waals surface area contributed by atoms with Crippen molar-refractivity contribution < 1.29 is 33.0 Å². The molecule has 0 radical (unpaired) electrons. The summed E-state index contributed by atoms with van der Waals surface area (Å²) in [5, 5.41) is 17.2. The smallest absolute Gasteiger partial charge is 0.490 e. The van der Waals surface area contributed by atoms with Crippen molar-refractivity contribution in [3.63, 3.8) is 0 Å². The molecule has 0 saturated carbocycles. The molecule has 0 atom stereocenters. The summed E-state index contributed by atoms with van der Waals surface area (Å²) in [6.45, 7) is 0. The van der Waals surface area contributed by atoms with Gasteiger partial charge in [0.05, 0.1) is 5.56 Å². The third-order valence-electron chi connectivity index (χ3n) is 2.26. The predicted octanol–water partition coefficient (Wildman–Crippen LogP) is 1.67. The lowest BCUT2D eigenvalue weighted by Gasteiger charge is -2.02. The van der Waals surface area contributed by atoms with Gasteiger partial charge in [-0.05, 0) is 12.1 Å². The van der Waals surface area contributed by atoms with E-state index in [1.165, 1.54) is 18.3 Å². The molecular formula is C12H9F3N2O4. The molecule has 6 nitrogen and oxygen atoms in total. The molecule has 112 valence electrons. The number of amides is 1. The van der Waals surface area contributed by atoms with Gasteiger partial charge in [-0.15, -0.1) is 0 Å². The first-order chi connectivity index (χ1) is 9.64. The number of aromatic hydroxyl groups is 1. The van der Waals surface area contributed by atoms with E-state index in [4.69, 9.17) is 15.6 Å². The van der Waals surface area contributed by atoms with Gasteiger partial charge in [0.1, 0.15) is 11.3 Å². The number of halogens is 3. The summed E-state index contributed by atoms with van der Waals surface area (Å²) in [5.41, 5.74) is 5.94. The second-order valence-corrected chi connectivity index (χ2v) is 3.70. The molecule has 1 heterocycles. The molecule has 0 aliphatic rings. The lowest BCUT2D eigenvalue weighted by Crippen LogP contribution is -2.21. The first kappa shape index (κ1) is 16.2. The standard InChI is InChI=1S/C10H8N2O2.C2HF3O2/c11-10(14)7-4-5-12-9-6(7)2-1-3-8(9)13;3-2(4,5)1(6)7/h1-5,13H,(H2,11,14);(H,6,7). The van der Waals surface area contributed by atoms with Crippen LogP contribution in [0.1, 0.15) is 10.4 Å². The third-order valence-corrected chi connectivity index (χ3v) is 2.26. The quantitative estimate of drug-likeness (QED) is 0.741. The summed E-state index contributed by atoms with van der Waals surface area (Å²) in [6.07, 6.45) is -3.64. The number of alkyl halides is 3. The molecular weight excluding hydrogens is 293 g/mol. The Kier molecular flexibility index (Phi) is 4.69. The fraction of sp³-hybridized carbons (Fsp3) is 0.0833. The number of carboxylic acids is 1. The van der Waals surface area contributed by atoms with Crippen LogP contribution in [0.3, 0.4) is 0 Å². The number of pyridine rings is 1. The van der Waals surface area contributed by atoms with Gasteiger partial charge in [0, 0.05) is 11.6 Å². The van der Waals surface area contributed by atoms with Crippen molar-refractivity contribution in [3.8, 4) is 5.75 Å². The number of carbonyl (C=O) groups is 2. The molecule has 0 aliphatic carbocycles. The maximum absolute atomic E-state index is 11.0. The Balaban J connectivity index is 0.000000270. The van der Waals surface area contributed by atoms with Crippen molar-refractivity contribution in [3.05, 3.63) is 36.0 Å². The van der Waals surface area contributed by atoms with E-state index < -0.39 is 18.1 Å². The first-order valence-electron chi connectivity index (χ1n) is 5.31. The molecule has 2 aromatic rings. The molecule has 0 spiro atoms. The highest BCUT2D eigenvalue weighted by Gasteiger charge is 2.38. The van der Waals surface area contributed by atoms with Crippen LogP contribution in [0.4, 0.5) is 13.2 Å². The normalized spacial score (nSPS) is 10.6. The van der Waals surface area contributed by atoms with Gasteiger partial charge in [0.2, 0.25) is 5.91 Å². The predicted molar refractivity (Wildman–Crippen MR) is 65.6 cm³/mol. The van der Waals surface area contributed by atoms with Crippen molar-refractivity contribution in [1.29, 1.82) is 0 Å². The minimum Gasteiger partial charge on any atom is -0.506 e. The second-order valence-electron chi connectivity index (χ2n) is 3.70. The third kappa shape index (κ3) is 4.06. The zero-order valence-electron chi connectivity index (χ0n) is 10.3. The fourth-order valence-corrected chi connectivity index (χ4v) is 1.38. The number of benzene rings is 1. The number of phenolic OH excluding ortho intramolecular Hbond substituents is 1.